The van der Waals surface area contributed by atoms with Crippen molar-refractivity contribution >= 4 is 23.1 Å². The fourth-order valence-corrected chi connectivity index (χ4v) is 3.04. The first-order valence-corrected chi connectivity index (χ1v) is 9.05. The van der Waals surface area contributed by atoms with Crippen molar-refractivity contribution in [2.75, 3.05) is 4.90 Å². The third kappa shape index (κ3) is 3.84. The van der Waals surface area contributed by atoms with Crippen LogP contribution in [0.5, 0.6) is 5.75 Å². The van der Waals surface area contributed by atoms with Crippen LogP contribution in [0.2, 0.25) is 0 Å². The summed E-state index contributed by atoms with van der Waals surface area (Å²) in [5.74, 6) is 0.282. The van der Waals surface area contributed by atoms with Gasteiger partial charge < -0.3 is 9.64 Å². The van der Waals surface area contributed by atoms with Crippen LogP contribution in [0.3, 0.4) is 0 Å². The van der Waals surface area contributed by atoms with Gasteiger partial charge in [0, 0.05) is 11.0 Å². The molecule has 0 aromatic heterocycles. The van der Waals surface area contributed by atoms with E-state index in [1.165, 1.54) is 0 Å². The number of amides is 1. The molecule has 1 heterocycles. The number of carbonyl (C=O) groups is 2. The van der Waals surface area contributed by atoms with Crippen LogP contribution in [0.25, 0.3) is 5.57 Å². The fraction of sp³-hybridized carbons (Fsp3) is 0.545. The molecule has 0 aliphatic carbocycles. The number of hydrogen-bond donors (Lipinski definition) is 0. The second-order valence-electron chi connectivity index (χ2n) is 9.69. The molecule has 0 spiro atoms. The average molecular weight is 357 g/mol. The lowest BCUT2D eigenvalue weighted by atomic mass is 9.85. The third-order valence-corrected chi connectivity index (χ3v) is 4.45. The maximum atomic E-state index is 13.1. The van der Waals surface area contributed by atoms with E-state index in [1.54, 1.807) is 6.07 Å². The number of allylic oxidation sites excluding steroid dienone is 1. The molecule has 0 saturated heterocycles. The zero-order valence-electron chi connectivity index (χ0n) is 17.5. The van der Waals surface area contributed by atoms with Gasteiger partial charge in [-0.25, -0.2) is 0 Å². The molecule has 1 aliphatic heterocycles. The highest BCUT2D eigenvalue weighted by Gasteiger charge is 2.40. The quantitative estimate of drug-likeness (QED) is 0.512. The van der Waals surface area contributed by atoms with Crippen LogP contribution in [-0.2, 0) is 9.59 Å². The monoisotopic (exact) mass is 357 g/mol. The van der Waals surface area contributed by atoms with Gasteiger partial charge in [0.2, 0.25) is 5.91 Å². The van der Waals surface area contributed by atoms with Crippen molar-refractivity contribution in [2.24, 2.45) is 10.8 Å². The molecule has 0 bridgehead atoms. The molecular weight excluding hydrogens is 326 g/mol. The third-order valence-electron chi connectivity index (χ3n) is 4.45. The summed E-state index contributed by atoms with van der Waals surface area (Å²) in [5, 5.41) is 0. The van der Waals surface area contributed by atoms with Gasteiger partial charge in [-0.2, -0.15) is 0 Å². The summed E-state index contributed by atoms with van der Waals surface area (Å²) in [6.45, 7) is 17.4. The Morgan fingerprint density at radius 1 is 1.00 bits per heavy atom. The van der Waals surface area contributed by atoms with Gasteiger partial charge in [-0.15, -0.1) is 0 Å². The maximum absolute atomic E-state index is 13.1. The Balaban J connectivity index is 2.52. The van der Waals surface area contributed by atoms with Gasteiger partial charge in [0.1, 0.15) is 5.75 Å². The number of fused-ring (bicyclic) bond motifs is 1. The topological polar surface area (TPSA) is 46.6 Å². The zero-order valence-corrected chi connectivity index (χ0v) is 17.5. The van der Waals surface area contributed by atoms with Gasteiger partial charge in [-0.1, -0.05) is 26.8 Å². The molecule has 1 aromatic rings. The molecule has 1 amide bonds. The Bertz CT molecular complexity index is 774. The molecule has 0 fully saturated rings. The number of rotatable bonds is 1. The second-order valence-corrected chi connectivity index (χ2v) is 9.69. The number of esters is 1. The summed E-state index contributed by atoms with van der Waals surface area (Å²) in [7, 11) is 0. The largest absolute Gasteiger partial charge is 0.426 e. The number of ether oxygens (including phenoxy) is 1. The molecule has 2 rings (SSSR count). The molecule has 26 heavy (non-hydrogen) atoms. The highest BCUT2D eigenvalue weighted by atomic mass is 16.5. The van der Waals surface area contributed by atoms with E-state index in [-0.39, 0.29) is 11.9 Å². The number of carbonyl (C=O) groups excluding carboxylic acids is 2. The molecule has 0 saturated carbocycles. The van der Waals surface area contributed by atoms with Crippen molar-refractivity contribution in [2.45, 2.75) is 67.9 Å². The minimum atomic E-state index is -0.572. The van der Waals surface area contributed by atoms with Crippen LogP contribution < -0.4 is 9.64 Å². The van der Waals surface area contributed by atoms with Crippen LogP contribution >= 0.6 is 0 Å². The standard InChI is InChI=1S/C22H31NO3/c1-14-13-22(8,9)23(18(24)20(2,3)4)17-11-10-15(12-16(14)17)26-19(25)21(5,6)7/h10-13H,1-9H3. The summed E-state index contributed by atoms with van der Waals surface area (Å²) >= 11 is 0. The van der Waals surface area contributed by atoms with Crippen LogP contribution in [0.15, 0.2) is 24.3 Å². The molecule has 0 unspecified atom stereocenters. The second kappa shape index (κ2) is 6.26. The van der Waals surface area contributed by atoms with Crippen molar-refractivity contribution in [3.8, 4) is 5.75 Å². The van der Waals surface area contributed by atoms with Crippen molar-refractivity contribution in [3.05, 3.63) is 29.8 Å². The summed E-state index contributed by atoms with van der Waals surface area (Å²) in [4.78, 5) is 27.2. The van der Waals surface area contributed by atoms with Gasteiger partial charge >= 0.3 is 5.97 Å². The Morgan fingerprint density at radius 2 is 1.58 bits per heavy atom. The molecule has 142 valence electrons. The fourth-order valence-electron chi connectivity index (χ4n) is 3.04. The lowest BCUT2D eigenvalue weighted by Crippen LogP contribution is -2.52. The van der Waals surface area contributed by atoms with Crippen molar-refractivity contribution in [3.63, 3.8) is 0 Å². The summed E-state index contributed by atoms with van der Waals surface area (Å²) in [5.41, 5.74) is 1.34. The molecule has 4 nitrogen and oxygen atoms in total. The molecule has 0 N–H and O–H groups in total. The average Bonchev–Trinajstić information content (AvgIpc) is 2.44. The SMILES string of the molecule is CC1=CC(C)(C)N(C(=O)C(C)(C)C)c2ccc(OC(=O)C(C)(C)C)cc21. The van der Waals surface area contributed by atoms with Crippen molar-refractivity contribution in [1.29, 1.82) is 0 Å². The van der Waals surface area contributed by atoms with Crippen molar-refractivity contribution < 1.29 is 14.3 Å². The minimum absolute atomic E-state index is 0.0620. The lowest BCUT2D eigenvalue weighted by Gasteiger charge is -2.44. The van der Waals surface area contributed by atoms with Crippen LogP contribution in [-0.4, -0.2) is 17.4 Å². The molecule has 0 radical (unpaired) electrons. The van der Waals surface area contributed by atoms with E-state index >= 15 is 0 Å². The van der Waals surface area contributed by atoms with Crippen LogP contribution in [0, 0.1) is 10.8 Å². The highest BCUT2D eigenvalue weighted by molar-refractivity contribution is 6.03. The van der Waals surface area contributed by atoms with Gasteiger partial charge in [0.15, 0.2) is 0 Å². The van der Waals surface area contributed by atoms with E-state index in [0.717, 1.165) is 16.8 Å². The van der Waals surface area contributed by atoms with Gasteiger partial charge in [-0.3, -0.25) is 9.59 Å². The summed E-state index contributed by atoms with van der Waals surface area (Å²) < 4.78 is 5.54. The Hall–Kier alpha value is -2.10. The Kier molecular flexibility index (Phi) is 4.86. The molecular formula is C22H31NO3. The Morgan fingerprint density at radius 3 is 2.08 bits per heavy atom. The van der Waals surface area contributed by atoms with Gasteiger partial charge in [-0.05, 0) is 65.3 Å². The van der Waals surface area contributed by atoms with Gasteiger partial charge in [0.05, 0.1) is 16.6 Å². The van der Waals surface area contributed by atoms with E-state index < -0.39 is 16.4 Å². The van der Waals surface area contributed by atoms with E-state index in [9.17, 15) is 9.59 Å². The lowest BCUT2D eigenvalue weighted by molar-refractivity contribution is -0.143. The number of hydrogen-bond acceptors (Lipinski definition) is 3. The minimum Gasteiger partial charge on any atom is -0.426 e. The number of nitrogens with zero attached hydrogens (tertiary/aromatic N) is 1. The van der Waals surface area contributed by atoms with Crippen LogP contribution in [0.4, 0.5) is 5.69 Å². The van der Waals surface area contributed by atoms with Crippen LogP contribution in [0.1, 0.15) is 67.9 Å². The first-order valence-electron chi connectivity index (χ1n) is 9.05. The predicted molar refractivity (Wildman–Crippen MR) is 106 cm³/mol. The molecule has 1 aromatic carbocycles. The molecule has 1 aliphatic rings. The first kappa shape index (κ1) is 20.2. The number of benzene rings is 1. The zero-order chi connectivity index (χ0) is 20.1. The van der Waals surface area contributed by atoms with E-state index in [0.29, 0.717) is 5.75 Å². The Labute approximate surface area is 157 Å². The van der Waals surface area contributed by atoms with Crippen molar-refractivity contribution in [1.82, 2.24) is 0 Å². The predicted octanol–water partition coefficient (Wildman–Crippen LogP) is 5.21. The van der Waals surface area contributed by atoms with E-state index in [4.69, 9.17) is 4.74 Å². The maximum Gasteiger partial charge on any atom is 0.316 e. The smallest absolute Gasteiger partial charge is 0.316 e. The highest BCUT2D eigenvalue weighted by Crippen LogP contribution is 2.42. The summed E-state index contributed by atoms with van der Waals surface area (Å²) in [6.07, 6.45) is 2.09. The summed E-state index contributed by atoms with van der Waals surface area (Å²) in [6, 6.07) is 5.49. The number of anilines is 1. The normalized spacial score (nSPS) is 16.7. The molecule has 4 heteroatoms. The van der Waals surface area contributed by atoms with Gasteiger partial charge in [0.25, 0.3) is 0 Å². The van der Waals surface area contributed by atoms with E-state index in [2.05, 4.69) is 6.08 Å². The molecule has 0 atom stereocenters. The van der Waals surface area contributed by atoms with E-state index in [1.807, 2.05) is 79.3 Å². The first-order chi connectivity index (χ1) is 11.6.